The minimum atomic E-state index is -0.650. The number of hydrogen-bond donors (Lipinski definition) is 2. The Hall–Kier alpha value is -2.50. The van der Waals surface area contributed by atoms with E-state index in [1.165, 1.54) is 7.11 Å². The fourth-order valence-electron chi connectivity index (χ4n) is 1.53. The third-order valence-corrected chi connectivity index (χ3v) is 2.35. The summed E-state index contributed by atoms with van der Waals surface area (Å²) in [5.41, 5.74) is -0.517. The topological polar surface area (TPSA) is 84.3 Å². The number of methoxy groups -OCH3 is 1. The quantitative estimate of drug-likeness (QED) is 0.765. The highest BCUT2D eigenvalue weighted by atomic mass is 16.5. The summed E-state index contributed by atoms with van der Waals surface area (Å²) in [6.07, 6.45) is 0.306. The normalized spacial score (nSPS) is 10.2. The highest BCUT2D eigenvalue weighted by molar-refractivity contribution is 5.78. The van der Waals surface area contributed by atoms with Gasteiger partial charge < -0.3 is 9.84 Å². The van der Waals surface area contributed by atoms with Crippen molar-refractivity contribution in [3.8, 4) is 17.3 Å². The van der Waals surface area contributed by atoms with Crippen LogP contribution in [0.4, 0.5) is 0 Å². The lowest BCUT2D eigenvalue weighted by atomic mass is 10.3. The second-order valence-electron chi connectivity index (χ2n) is 3.30. The summed E-state index contributed by atoms with van der Waals surface area (Å²) in [6.45, 7) is 0. The van der Waals surface area contributed by atoms with Crippen LogP contribution >= 0.6 is 0 Å². The lowest BCUT2D eigenvalue weighted by Gasteiger charge is -2.09. The van der Waals surface area contributed by atoms with Crippen molar-refractivity contribution in [1.82, 2.24) is 9.78 Å². The average Bonchev–Trinajstić information content (AvgIpc) is 2.64. The molecule has 0 saturated carbocycles. The number of H-pyrrole nitrogens is 1. The Kier molecular flexibility index (Phi) is 2.70. The van der Waals surface area contributed by atoms with Gasteiger partial charge in [-0.15, -0.1) is 0 Å². The first-order valence-electron chi connectivity index (χ1n) is 4.81. The summed E-state index contributed by atoms with van der Waals surface area (Å²) in [4.78, 5) is 22.0. The first kappa shape index (κ1) is 11.0. The zero-order valence-electron chi connectivity index (χ0n) is 9.01. The molecule has 6 heteroatoms. The molecule has 0 aliphatic rings. The van der Waals surface area contributed by atoms with Gasteiger partial charge in [-0.2, -0.15) is 0 Å². The van der Waals surface area contributed by atoms with E-state index in [1.807, 2.05) is 0 Å². The van der Waals surface area contributed by atoms with Crippen molar-refractivity contribution in [2.75, 3.05) is 7.11 Å². The van der Waals surface area contributed by atoms with Crippen molar-refractivity contribution >= 4 is 6.29 Å². The predicted octanol–water partition coefficient (Wildman–Crippen LogP) is 0.692. The molecule has 2 N–H and O–H groups in total. The molecular weight excluding hydrogens is 224 g/mol. The summed E-state index contributed by atoms with van der Waals surface area (Å²) in [7, 11) is 1.47. The molecule has 0 fully saturated rings. The molecule has 0 saturated heterocycles. The molecule has 2 aromatic rings. The standard InChI is InChI=1S/C11H10N2O4/c1-17-9-5-3-2-4-8(9)13-11(16)7(6-14)10(15)12-13/h2-6,16H,1H3,(H,12,15). The SMILES string of the molecule is COc1ccccc1-n1[nH]c(=O)c(C=O)c1O. The number of nitrogens with zero attached hydrogens (tertiary/aromatic N) is 1. The third kappa shape index (κ3) is 1.69. The third-order valence-electron chi connectivity index (χ3n) is 2.35. The molecule has 0 unspecified atom stereocenters. The molecule has 0 radical (unpaired) electrons. The number of aromatic nitrogens is 2. The molecule has 0 aliphatic carbocycles. The van der Waals surface area contributed by atoms with E-state index in [4.69, 9.17) is 4.74 Å². The lowest BCUT2D eigenvalue weighted by Crippen LogP contribution is -2.07. The number of aldehydes is 1. The van der Waals surface area contributed by atoms with Gasteiger partial charge in [0.1, 0.15) is 17.0 Å². The first-order chi connectivity index (χ1) is 8.19. The van der Waals surface area contributed by atoms with Crippen LogP contribution in [0.15, 0.2) is 29.1 Å². The molecule has 17 heavy (non-hydrogen) atoms. The van der Waals surface area contributed by atoms with Crippen LogP contribution in [0.1, 0.15) is 10.4 Å². The van der Waals surface area contributed by atoms with Crippen molar-refractivity contribution in [2.24, 2.45) is 0 Å². The number of rotatable bonds is 3. The number of nitrogens with one attached hydrogen (secondary N) is 1. The first-order valence-corrected chi connectivity index (χ1v) is 4.81. The molecule has 0 spiro atoms. The maximum absolute atomic E-state index is 11.4. The number of hydrogen-bond acceptors (Lipinski definition) is 4. The van der Waals surface area contributed by atoms with Crippen molar-refractivity contribution in [3.63, 3.8) is 0 Å². The van der Waals surface area contributed by atoms with Gasteiger partial charge in [0.25, 0.3) is 5.56 Å². The number of carbonyl (C=O) groups excluding carboxylic acids is 1. The van der Waals surface area contributed by atoms with Gasteiger partial charge in [-0.3, -0.25) is 14.7 Å². The summed E-state index contributed by atoms with van der Waals surface area (Å²) in [5.74, 6) is 0.0287. The van der Waals surface area contributed by atoms with E-state index >= 15 is 0 Å². The van der Waals surface area contributed by atoms with E-state index in [0.29, 0.717) is 17.7 Å². The van der Waals surface area contributed by atoms with Gasteiger partial charge in [-0.1, -0.05) is 12.1 Å². The van der Waals surface area contributed by atoms with Gasteiger partial charge in [0.15, 0.2) is 6.29 Å². The summed E-state index contributed by atoms with van der Waals surface area (Å²) in [5, 5.41) is 12.1. The molecule has 88 valence electrons. The molecule has 1 aromatic carbocycles. The lowest BCUT2D eigenvalue weighted by molar-refractivity contribution is 0.112. The van der Waals surface area contributed by atoms with E-state index in [-0.39, 0.29) is 5.56 Å². The second-order valence-corrected chi connectivity index (χ2v) is 3.30. The van der Waals surface area contributed by atoms with E-state index in [1.54, 1.807) is 24.3 Å². The molecule has 6 nitrogen and oxygen atoms in total. The van der Waals surface area contributed by atoms with Crippen LogP contribution in [-0.4, -0.2) is 28.3 Å². The van der Waals surface area contributed by atoms with Crippen molar-refractivity contribution in [3.05, 3.63) is 40.2 Å². The molecule has 0 atom stereocenters. The van der Waals surface area contributed by atoms with Crippen molar-refractivity contribution in [2.45, 2.75) is 0 Å². The molecule has 2 rings (SSSR count). The molecule has 0 bridgehead atoms. The largest absolute Gasteiger partial charge is 0.494 e. The highest BCUT2D eigenvalue weighted by Gasteiger charge is 2.16. The van der Waals surface area contributed by atoms with Crippen LogP contribution in [0.5, 0.6) is 11.6 Å². The predicted molar refractivity (Wildman–Crippen MR) is 60.0 cm³/mol. The molecule has 0 amide bonds. The number of carbonyl (C=O) groups is 1. The maximum Gasteiger partial charge on any atom is 0.279 e. The fraction of sp³-hybridized carbons (Fsp3) is 0.0909. The van der Waals surface area contributed by atoms with Crippen LogP contribution in [0.3, 0.4) is 0 Å². The van der Waals surface area contributed by atoms with Gasteiger partial charge in [-0.05, 0) is 12.1 Å². The van der Waals surface area contributed by atoms with E-state index in [2.05, 4.69) is 5.10 Å². The molecule has 0 aliphatic heterocycles. The highest BCUT2D eigenvalue weighted by Crippen LogP contribution is 2.25. The Morgan fingerprint density at radius 2 is 2.12 bits per heavy atom. The number of aromatic hydroxyl groups is 1. The molecule has 1 heterocycles. The van der Waals surface area contributed by atoms with E-state index < -0.39 is 11.4 Å². The smallest absolute Gasteiger partial charge is 0.279 e. The van der Waals surface area contributed by atoms with Crippen molar-refractivity contribution < 1.29 is 14.6 Å². The zero-order valence-corrected chi connectivity index (χ0v) is 9.01. The van der Waals surface area contributed by atoms with Crippen LogP contribution in [-0.2, 0) is 0 Å². The average molecular weight is 234 g/mol. The molecule has 1 aromatic heterocycles. The van der Waals surface area contributed by atoms with Crippen LogP contribution in [0, 0.1) is 0 Å². The number of ether oxygens (including phenoxy) is 1. The Bertz CT molecular complexity index is 612. The van der Waals surface area contributed by atoms with E-state index in [0.717, 1.165) is 4.68 Å². The number of aromatic amines is 1. The van der Waals surface area contributed by atoms with Crippen molar-refractivity contribution in [1.29, 1.82) is 0 Å². The van der Waals surface area contributed by atoms with Crippen LogP contribution in [0.25, 0.3) is 5.69 Å². The fourth-order valence-corrected chi connectivity index (χ4v) is 1.53. The van der Waals surface area contributed by atoms with E-state index in [9.17, 15) is 14.7 Å². The van der Waals surface area contributed by atoms with Gasteiger partial charge in [0.2, 0.25) is 5.88 Å². The van der Waals surface area contributed by atoms with Gasteiger partial charge in [-0.25, -0.2) is 4.68 Å². The Morgan fingerprint density at radius 3 is 2.71 bits per heavy atom. The monoisotopic (exact) mass is 234 g/mol. The zero-order chi connectivity index (χ0) is 12.4. The minimum Gasteiger partial charge on any atom is -0.494 e. The number of benzene rings is 1. The van der Waals surface area contributed by atoms with Crippen LogP contribution < -0.4 is 10.3 Å². The minimum absolute atomic E-state index is 0.306. The Labute approximate surface area is 96.1 Å². The van der Waals surface area contributed by atoms with Gasteiger partial charge in [0, 0.05) is 0 Å². The van der Waals surface area contributed by atoms with Crippen LogP contribution in [0.2, 0.25) is 0 Å². The summed E-state index contributed by atoms with van der Waals surface area (Å²) in [6, 6.07) is 6.79. The number of para-hydroxylation sites is 2. The summed E-state index contributed by atoms with van der Waals surface area (Å²) < 4.78 is 6.20. The Morgan fingerprint density at radius 1 is 1.41 bits per heavy atom. The Balaban J connectivity index is 2.69. The van der Waals surface area contributed by atoms with Gasteiger partial charge >= 0.3 is 0 Å². The maximum atomic E-state index is 11.4. The second kappa shape index (κ2) is 4.17. The molecular formula is C11H10N2O4. The summed E-state index contributed by atoms with van der Waals surface area (Å²) >= 11 is 0. The van der Waals surface area contributed by atoms with Gasteiger partial charge in [0.05, 0.1) is 7.11 Å².